The van der Waals surface area contributed by atoms with Crippen molar-refractivity contribution in [2.24, 2.45) is 0 Å². The first kappa shape index (κ1) is 22.5. The first-order chi connectivity index (χ1) is 16.3. The highest BCUT2D eigenvalue weighted by Gasteiger charge is 2.35. The fourth-order valence-corrected chi connectivity index (χ4v) is 6.08. The lowest BCUT2D eigenvalue weighted by atomic mass is 10.1. The molecule has 3 aromatic rings. The Morgan fingerprint density at radius 2 is 1.59 bits per heavy atom. The van der Waals surface area contributed by atoms with Crippen LogP contribution in [-0.4, -0.2) is 68.2 Å². The van der Waals surface area contributed by atoms with Gasteiger partial charge in [0.1, 0.15) is 6.54 Å². The molecule has 1 unspecified atom stereocenters. The fraction of sp³-hybridized carbons (Fsp3) is 0.280. The third kappa shape index (κ3) is 4.06. The summed E-state index contributed by atoms with van der Waals surface area (Å²) in [5.41, 5.74) is 1.29. The van der Waals surface area contributed by atoms with Gasteiger partial charge < -0.3 is 5.32 Å². The van der Waals surface area contributed by atoms with E-state index in [9.17, 15) is 18.0 Å². The molecule has 1 atom stereocenters. The minimum atomic E-state index is -3.63. The molecule has 0 radical (unpaired) electrons. The largest absolute Gasteiger partial charge is 0.323 e. The molecule has 0 aliphatic carbocycles. The van der Waals surface area contributed by atoms with Crippen LogP contribution in [0.5, 0.6) is 0 Å². The average Bonchev–Trinajstić information content (AvgIpc) is 2.87. The van der Waals surface area contributed by atoms with Crippen molar-refractivity contribution in [2.45, 2.75) is 17.9 Å². The number of anilines is 2. The molecule has 8 nitrogen and oxygen atoms in total. The molecule has 0 saturated carbocycles. The minimum Gasteiger partial charge on any atom is -0.323 e. The predicted octanol–water partition coefficient (Wildman–Crippen LogP) is 2.52. The van der Waals surface area contributed by atoms with E-state index in [1.165, 1.54) is 9.21 Å². The summed E-state index contributed by atoms with van der Waals surface area (Å²) in [6, 6.07) is 19.6. The molecule has 176 valence electrons. The number of sulfonamides is 1. The van der Waals surface area contributed by atoms with E-state index in [0.29, 0.717) is 37.6 Å². The van der Waals surface area contributed by atoms with Crippen LogP contribution in [0.2, 0.25) is 0 Å². The average molecular weight is 479 g/mol. The summed E-state index contributed by atoms with van der Waals surface area (Å²) in [7, 11) is -3.63. The van der Waals surface area contributed by atoms with Gasteiger partial charge in [-0.25, -0.2) is 8.42 Å². The van der Waals surface area contributed by atoms with Crippen LogP contribution in [0.3, 0.4) is 0 Å². The van der Waals surface area contributed by atoms with Crippen molar-refractivity contribution in [3.8, 4) is 0 Å². The van der Waals surface area contributed by atoms with E-state index in [1.807, 2.05) is 60.4 Å². The van der Waals surface area contributed by atoms with Gasteiger partial charge in [-0.1, -0.05) is 42.5 Å². The van der Waals surface area contributed by atoms with Crippen LogP contribution < -0.4 is 10.2 Å². The van der Waals surface area contributed by atoms with Gasteiger partial charge >= 0.3 is 0 Å². The second-order valence-corrected chi connectivity index (χ2v) is 10.6. The molecule has 1 saturated heterocycles. The zero-order chi connectivity index (χ0) is 23.9. The molecule has 2 heterocycles. The third-order valence-electron chi connectivity index (χ3n) is 6.57. The van der Waals surface area contributed by atoms with Crippen LogP contribution in [0, 0.1) is 0 Å². The number of carbonyl (C=O) groups excluding carboxylic acids is 2. The van der Waals surface area contributed by atoms with E-state index in [1.54, 1.807) is 18.2 Å². The summed E-state index contributed by atoms with van der Waals surface area (Å²) in [5.74, 6) is -0.404. The Kier molecular flexibility index (Phi) is 5.85. The molecule has 3 aromatic carbocycles. The summed E-state index contributed by atoms with van der Waals surface area (Å²) in [4.78, 5) is 29.2. The zero-order valence-corrected chi connectivity index (χ0v) is 19.7. The van der Waals surface area contributed by atoms with Gasteiger partial charge in [0.15, 0.2) is 0 Å². The van der Waals surface area contributed by atoms with Crippen molar-refractivity contribution >= 4 is 44.0 Å². The highest BCUT2D eigenvalue weighted by molar-refractivity contribution is 7.89. The van der Waals surface area contributed by atoms with Gasteiger partial charge in [0.2, 0.25) is 21.8 Å². The first-order valence-electron chi connectivity index (χ1n) is 11.3. The van der Waals surface area contributed by atoms with Crippen molar-refractivity contribution < 1.29 is 18.0 Å². The SMILES string of the molecule is CC(C(=O)N1CC(=O)Nc2ccccc21)N1CCN(S(=O)(=O)c2ccc3ccccc3c2)CC1. The summed E-state index contributed by atoms with van der Waals surface area (Å²) < 4.78 is 28.0. The Morgan fingerprint density at radius 3 is 2.35 bits per heavy atom. The Morgan fingerprint density at radius 1 is 0.912 bits per heavy atom. The standard InChI is InChI=1S/C25H26N4O4S/c1-18(25(31)29-17-24(30)26-22-8-4-5-9-23(22)29)27-12-14-28(15-13-27)34(32,33)21-11-10-19-6-2-3-7-20(19)16-21/h2-11,16,18H,12-15,17H2,1H3,(H,26,30). The zero-order valence-electron chi connectivity index (χ0n) is 18.8. The van der Waals surface area contributed by atoms with E-state index in [0.717, 1.165) is 10.8 Å². The minimum absolute atomic E-state index is 0.0313. The summed E-state index contributed by atoms with van der Waals surface area (Å²) in [6.07, 6.45) is 0. The second kappa shape index (κ2) is 8.83. The molecule has 0 spiro atoms. The lowest BCUT2D eigenvalue weighted by molar-refractivity contribution is -0.125. The van der Waals surface area contributed by atoms with E-state index in [2.05, 4.69) is 5.32 Å². The quantitative estimate of drug-likeness (QED) is 0.622. The topological polar surface area (TPSA) is 90.0 Å². The van der Waals surface area contributed by atoms with Gasteiger partial charge in [-0.3, -0.25) is 19.4 Å². The predicted molar refractivity (Wildman–Crippen MR) is 131 cm³/mol. The number of nitrogens with one attached hydrogen (secondary N) is 1. The molecule has 0 aromatic heterocycles. The van der Waals surface area contributed by atoms with Crippen molar-refractivity contribution in [3.05, 3.63) is 66.7 Å². The molecule has 1 N–H and O–H groups in total. The number of fused-ring (bicyclic) bond motifs is 2. The van der Waals surface area contributed by atoms with Crippen molar-refractivity contribution in [1.82, 2.24) is 9.21 Å². The fourth-order valence-electron chi connectivity index (χ4n) is 4.62. The van der Waals surface area contributed by atoms with E-state index < -0.39 is 16.1 Å². The lowest BCUT2D eigenvalue weighted by Gasteiger charge is -2.39. The summed E-state index contributed by atoms with van der Waals surface area (Å²) >= 11 is 0. The maximum absolute atomic E-state index is 13.3. The molecule has 5 rings (SSSR count). The molecular weight excluding hydrogens is 452 g/mol. The van der Waals surface area contributed by atoms with Gasteiger partial charge in [-0.15, -0.1) is 0 Å². The molecule has 1 fully saturated rings. The smallest absolute Gasteiger partial charge is 0.244 e. The molecule has 9 heteroatoms. The van der Waals surface area contributed by atoms with E-state index in [-0.39, 0.29) is 23.3 Å². The number of carbonyl (C=O) groups is 2. The lowest BCUT2D eigenvalue weighted by Crippen LogP contribution is -2.56. The van der Waals surface area contributed by atoms with Crippen LogP contribution >= 0.6 is 0 Å². The Bertz CT molecular complexity index is 1370. The van der Waals surface area contributed by atoms with Crippen LogP contribution in [0.15, 0.2) is 71.6 Å². The Hall–Kier alpha value is -3.27. The first-order valence-corrected chi connectivity index (χ1v) is 12.7. The monoisotopic (exact) mass is 478 g/mol. The molecule has 0 bridgehead atoms. The Balaban J connectivity index is 1.28. The maximum atomic E-state index is 13.3. The third-order valence-corrected chi connectivity index (χ3v) is 8.47. The van der Waals surface area contributed by atoms with Gasteiger partial charge in [-0.2, -0.15) is 4.31 Å². The number of hydrogen-bond donors (Lipinski definition) is 1. The normalized spacial score (nSPS) is 18.4. The molecule has 2 amide bonds. The highest BCUT2D eigenvalue weighted by atomic mass is 32.2. The number of piperazine rings is 1. The molecule has 2 aliphatic heterocycles. The van der Waals surface area contributed by atoms with Crippen LogP contribution in [0.4, 0.5) is 11.4 Å². The number of nitrogens with zero attached hydrogens (tertiary/aromatic N) is 3. The highest BCUT2D eigenvalue weighted by Crippen LogP contribution is 2.30. The van der Waals surface area contributed by atoms with Crippen molar-refractivity contribution in [2.75, 3.05) is 42.9 Å². The molecule has 34 heavy (non-hydrogen) atoms. The second-order valence-electron chi connectivity index (χ2n) is 8.61. The Labute approximate surface area is 198 Å². The molecular formula is C25H26N4O4S. The number of hydrogen-bond acceptors (Lipinski definition) is 5. The van der Waals surface area contributed by atoms with Crippen LogP contribution in [0.1, 0.15) is 6.92 Å². The summed E-state index contributed by atoms with van der Waals surface area (Å²) in [6.45, 7) is 3.23. The van der Waals surface area contributed by atoms with Crippen molar-refractivity contribution in [3.63, 3.8) is 0 Å². The van der Waals surface area contributed by atoms with Gasteiger partial charge in [0.05, 0.1) is 22.3 Å². The van der Waals surface area contributed by atoms with Crippen LogP contribution in [-0.2, 0) is 19.6 Å². The van der Waals surface area contributed by atoms with Gasteiger partial charge in [0.25, 0.3) is 0 Å². The van der Waals surface area contributed by atoms with E-state index >= 15 is 0 Å². The van der Waals surface area contributed by atoms with Crippen LogP contribution in [0.25, 0.3) is 10.8 Å². The number of amides is 2. The molecule has 2 aliphatic rings. The van der Waals surface area contributed by atoms with Gasteiger partial charge in [-0.05, 0) is 42.0 Å². The van der Waals surface area contributed by atoms with Gasteiger partial charge in [0, 0.05) is 26.2 Å². The maximum Gasteiger partial charge on any atom is 0.244 e. The number of para-hydroxylation sites is 2. The number of benzene rings is 3. The van der Waals surface area contributed by atoms with Crippen molar-refractivity contribution in [1.29, 1.82) is 0 Å². The van der Waals surface area contributed by atoms with E-state index in [4.69, 9.17) is 0 Å². The number of rotatable bonds is 4. The summed E-state index contributed by atoms with van der Waals surface area (Å²) in [5, 5.41) is 4.67.